The first-order valence-electron chi connectivity index (χ1n) is 12.7. The summed E-state index contributed by atoms with van der Waals surface area (Å²) in [5.41, 5.74) is 3.08. The van der Waals surface area contributed by atoms with Crippen molar-refractivity contribution in [1.29, 1.82) is 0 Å². The van der Waals surface area contributed by atoms with Crippen LogP contribution in [0.5, 0.6) is 17.2 Å². The van der Waals surface area contributed by atoms with Gasteiger partial charge in [-0.05, 0) is 38.1 Å². The van der Waals surface area contributed by atoms with Gasteiger partial charge >= 0.3 is 0 Å². The van der Waals surface area contributed by atoms with E-state index in [0.29, 0.717) is 61.0 Å². The molecule has 40 heavy (non-hydrogen) atoms. The van der Waals surface area contributed by atoms with Crippen LogP contribution in [0.3, 0.4) is 0 Å². The number of aliphatic hydroxyl groups is 1. The number of rotatable bonds is 8. The number of anilines is 2. The van der Waals surface area contributed by atoms with E-state index in [9.17, 15) is 5.11 Å². The van der Waals surface area contributed by atoms with E-state index in [1.165, 1.54) is 14.2 Å². The number of aromatic amines is 1. The van der Waals surface area contributed by atoms with Crippen molar-refractivity contribution in [3.63, 3.8) is 0 Å². The fraction of sp³-hybridized carbons (Fsp3) is 0.357. The molecule has 1 aliphatic heterocycles. The Labute approximate surface area is 242 Å². The highest BCUT2D eigenvalue weighted by Gasteiger charge is 2.28. The lowest BCUT2D eigenvalue weighted by atomic mass is 10.0. The van der Waals surface area contributed by atoms with Crippen molar-refractivity contribution in [2.24, 2.45) is 0 Å². The summed E-state index contributed by atoms with van der Waals surface area (Å²) in [6, 6.07) is 10.9. The minimum absolute atomic E-state index is 0.00672. The maximum Gasteiger partial charge on any atom is 0.159 e. The van der Waals surface area contributed by atoms with Crippen LogP contribution in [0, 0.1) is 0 Å². The molecule has 0 bridgehead atoms. The lowest BCUT2D eigenvalue weighted by Crippen LogP contribution is -2.57. The van der Waals surface area contributed by atoms with Crippen LogP contribution in [0.15, 0.2) is 36.4 Å². The number of hydrogen-bond donors (Lipinski definition) is 4. The number of methoxy groups -OCH3 is 3. The Hall–Kier alpha value is -3.44. The fourth-order valence-electron chi connectivity index (χ4n) is 4.95. The van der Waals surface area contributed by atoms with Gasteiger partial charge in [0.1, 0.15) is 17.2 Å². The number of halogens is 2. The molecule has 1 aliphatic rings. The van der Waals surface area contributed by atoms with Crippen molar-refractivity contribution in [2.75, 3.05) is 51.2 Å². The Morgan fingerprint density at radius 2 is 1.70 bits per heavy atom. The van der Waals surface area contributed by atoms with Crippen molar-refractivity contribution in [3.05, 3.63) is 52.0 Å². The lowest BCUT2D eigenvalue weighted by Gasteiger charge is -2.40. The molecule has 1 fully saturated rings. The molecule has 1 saturated heterocycles. The molecule has 2 aromatic carbocycles. The summed E-state index contributed by atoms with van der Waals surface area (Å²) in [5, 5.41) is 26.2. The van der Waals surface area contributed by atoms with Crippen molar-refractivity contribution in [1.82, 2.24) is 20.5 Å². The highest BCUT2D eigenvalue weighted by Crippen LogP contribution is 2.45. The van der Waals surface area contributed by atoms with Gasteiger partial charge in [0, 0.05) is 42.4 Å². The van der Waals surface area contributed by atoms with Gasteiger partial charge in [-0.15, -0.1) is 0 Å². The second-order valence-electron chi connectivity index (χ2n) is 10.2. The third-order valence-electron chi connectivity index (χ3n) is 6.96. The molecular formula is C28H32Cl2N6O4. The first kappa shape index (κ1) is 28.1. The summed E-state index contributed by atoms with van der Waals surface area (Å²) in [5.74, 6) is 1.96. The monoisotopic (exact) mass is 586 g/mol. The number of fused-ring (bicyclic) bond motifs is 1. The van der Waals surface area contributed by atoms with E-state index < -0.39 is 6.23 Å². The predicted octanol–water partition coefficient (Wildman–Crippen LogP) is 5.25. The molecular weight excluding hydrogens is 555 g/mol. The first-order chi connectivity index (χ1) is 19.2. The summed E-state index contributed by atoms with van der Waals surface area (Å²) >= 11 is 13.2. The van der Waals surface area contributed by atoms with Crippen molar-refractivity contribution in [2.45, 2.75) is 25.6 Å². The van der Waals surface area contributed by atoms with Gasteiger partial charge in [-0.3, -0.25) is 5.10 Å². The SMILES string of the molecule is COc1cc(C(O)Nc2n[nH]c3nc(-c4c(Cl)c(OC)cc(OC)c4Cl)ccc23)ccc1N1CCNC(C)(C)C1. The number of pyridine rings is 1. The molecule has 4 N–H and O–H groups in total. The van der Waals surface area contributed by atoms with E-state index in [0.717, 1.165) is 25.3 Å². The number of benzene rings is 2. The number of hydrogen-bond acceptors (Lipinski definition) is 9. The molecule has 0 spiro atoms. The minimum Gasteiger partial charge on any atom is -0.495 e. The van der Waals surface area contributed by atoms with E-state index in [1.54, 1.807) is 19.2 Å². The van der Waals surface area contributed by atoms with Gasteiger partial charge in [0.15, 0.2) is 17.7 Å². The van der Waals surface area contributed by atoms with E-state index in [1.807, 2.05) is 24.3 Å². The molecule has 5 rings (SSSR count). The minimum atomic E-state index is -1.04. The average molecular weight is 588 g/mol. The number of piperazine rings is 1. The number of ether oxygens (including phenoxy) is 3. The summed E-state index contributed by atoms with van der Waals surface area (Å²) in [6.07, 6.45) is -1.04. The highest BCUT2D eigenvalue weighted by atomic mass is 35.5. The predicted molar refractivity (Wildman–Crippen MR) is 158 cm³/mol. The number of nitrogens with zero attached hydrogens (tertiary/aromatic N) is 3. The van der Waals surface area contributed by atoms with Crippen molar-refractivity contribution in [3.8, 4) is 28.5 Å². The van der Waals surface area contributed by atoms with E-state index >= 15 is 0 Å². The van der Waals surface area contributed by atoms with Crippen molar-refractivity contribution >= 4 is 45.7 Å². The largest absolute Gasteiger partial charge is 0.495 e. The Morgan fingerprint density at radius 1 is 1.00 bits per heavy atom. The number of aromatic nitrogens is 3. The van der Waals surface area contributed by atoms with Crippen LogP contribution in [0.1, 0.15) is 25.6 Å². The number of H-pyrrole nitrogens is 1. The van der Waals surface area contributed by atoms with Gasteiger partial charge in [0.05, 0.1) is 48.1 Å². The van der Waals surface area contributed by atoms with Gasteiger partial charge in [0.2, 0.25) is 0 Å². The Bertz CT molecular complexity index is 1520. The quantitative estimate of drug-likeness (QED) is 0.205. The van der Waals surface area contributed by atoms with Crippen LogP contribution < -0.4 is 29.7 Å². The van der Waals surface area contributed by atoms with E-state index in [4.69, 9.17) is 37.4 Å². The van der Waals surface area contributed by atoms with E-state index in [-0.39, 0.29) is 5.54 Å². The standard InChI is InChI=1S/C28H32Cl2N6O4/c1-28(2)14-36(11-10-31-28)18-9-6-15(12-19(18)38-3)27(37)33-26-16-7-8-17(32-25(16)34-35-26)22-23(29)20(39-4)13-21(40-5)24(22)30/h6-9,12-13,27,31,37H,10-11,14H2,1-5H3,(H2,32,33,34,35). The molecule has 2 aromatic heterocycles. The zero-order chi connectivity index (χ0) is 28.6. The third kappa shape index (κ3) is 5.32. The maximum atomic E-state index is 11.0. The van der Waals surface area contributed by atoms with Crippen molar-refractivity contribution < 1.29 is 19.3 Å². The normalized spacial score (nSPS) is 15.7. The van der Waals surface area contributed by atoms with Crippen LogP contribution in [-0.2, 0) is 0 Å². The van der Waals surface area contributed by atoms with Gasteiger partial charge in [-0.1, -0.05) is 29.3 Å². The second-order valence-corrected chi connectivity index (χ2v) is 10.9. The van der Waals surface area contributed by atoms with E-state index in [2.05, 4.69) is 44.6 Å². The molecule has 212 valence electrons. The summed E-state index contributed by atoms with van der Waals surface area (Å²) < 4.78 is 16.5. The van der Waals surface area contributed by atoms with Crippen LogP contribution in [0.2, 0.25) is 10.0 Å². The number of aliphatic hydroxyl groups excluding tert-OH is 1. The van der Waals surface area contributed by atoms with Gasteiger partial charge < -0.3 is 34.9 Å². The molecule has 10 nitrogen and oxygen atoms in total. The molecule has 3 heterocycles. The molecule has 0 aliphatic carbocycles. The Kier molecular flexibility index (Phi) is 7.87. The van der Waals surface area contributed by atoms with Gasteiger partial charge in [-0.2, -0.15) is 5.10 Å². The summed E-state index contributed by atoms with van der Waals surface area (Å²) in [6.45, 7) is 6.95. The van der Waals surface area contributed by atoms with Crippen LogP contribution in [0.25, 0.3) is 22.3 Å². The summed E-state index contributed by atoms with van der Waals surface area (Å²) in [4.78, 5) is 6.96. The zero-order valence-corrected chi connectivity index (χ0v) is 24.4. The van der Waals surface area contributed by atoms with Gasteiger partial charge in [0.25, 0.3) is 0 Å². The molecule has 12 heteroatoms. The second kappa shape index (κ2) is 11.2. The molecule has 1 atom stereocenters. The number of nitrogens with one attached hydrogen (secondary N) is 3. The van der Waals surface area contributed by atoms with Crippen LogP contribution in [-0.4, -0.2) is 66.8 Å². The average Bonchev–Trinajstić information content (AvgIpc) is 3.34. The molecule has 1 unspecified atom stereocenters. The van der Waals surface area contributed by atoms with Crippen LogP contribution in [0.4, 0.5) is 11.5 Å². The topological polar surface area (TPSA) is 117 Å². The van der Waals surface area contributed by atoms with Crippen LogP contribution >= 0.6 is 23.2 Å². The molecule has 4 aromatic rings. The fourth-order valence-corrected chi connectivity index (χ4v) is 5.64. The molecule has 0 radical (unpaired) electrons. The molecule has 0 amide bonds. The first-order valence-corrected chi connectivity index (χ1v) is 13.5. The van der Waals surface area contributed by atoms with Gasteiger partial charge in [-0.25, -0.2) is 4.98 Å². The third-order valence-corrected chi connectivity index (χ3v) is 7.71. The smallest absolute Gasteiger partial charge is 0.159 e. The lowest BCUT2D eigenvalue weighted by molar-refractivity contribution is 0.207. The highest BCUT2D eigenvalue weighted by molar-refractivity contribution is 6.41. The summed E-state index contributed by atoms with van der Waals surface area (Å²) in [7, 11) is 4.67. The Morgan fingerprint density at radius 3 is 2.35 bits per heavy atom. The molecule has 0 saturated carbocycles. The zero-order valence-electron chi connectivity index (χ0n) is 22.9. The maximum absolute atomic E-state index is 11.0. The Balaban J connectivity index is 1.41.